The number of hydrogen-bond donors (Lipinski definition) is 1. The van der Waals surface area contributed by atoms with Crippen LogP contribution < -0.4 is 10.2 Å². The molecule has 1 saturated carbocycles. The third-order valence-corrected chi connectivity index (χ3v) is 4.06. The summed E-state index contributed by atoms with van der Waals surface area (Å²) in [6.07, 6.45) is 2.42. The number of nitrogens with zero attached hydrogens (tertiary/aromatic N) is 3. The lowest BCUT2D eigenvalue weighted by Crippen LogP contribution is -2.16. The SMILES string of the molecule is CNc1nc(C2CC2)nc(N(C)c2ccc(C)cc2)c1C. The van der Waals surface area contributed by atoms with E-state index in [1.165, 1.54) is 18.4 Å². The molecule has 1 heterocycles. The van der Waals surface area contributed by atoms with Crippen LogP contribution in [-0.2, 0) is 0 Å². The van der Waals surface area contributed by atoms with E-state index in [1.807, 2.05) is 7.05 Å². The van der Waals surface area contributed by atoms with Crippen LogP contribution >= 0.6 is 0 Å². The van der Waals surface area contributed by atoms with Crippen LogP contribution in [0.4, 0.5) is 17.3 Å². The van der Waals surface area contributed by atoms with Crippen LogP contribution in [0.1, 0.15) is 35.7 Å². The van der Waals surface area contributed by atoms with Crippen LogP contribution in [0, 0.1) is 13.8 Å². The van der Waals surface area contributed by atoms with Crippen molar-refractivity contribution >= 4 is 17.3 Å². The largest absolute Gasteiger partial charge is 0.373 e. The lowest BCUT2D eigenvalue weighted by Gasteiger charge is -2.22. The van der Waals surface area contributed by atoms with Gasteiger partial charge in [-0.3, -0.25) is 0 Å². The van der Waals surface area contributed by atoms with Crippen LogP contribution in [0.5, 0.6) is 0 Å². The second-order valence-electron chi connectivity index (χ2n) is 5.80. The molecule has 0 bridgehead atoms. The minimum absolute atomic E-state index is 0.544. The van der Waals surface area contributed by atoms with Gasteiger partial charge in [-0.2, -0.15) is 0 Å². The molecular weight excluding hydrogens is 260 g/mol. The van der Waals surface area contributed by atoms with Crippen molar-refractivity contribution in [3.05, 3.63) is 41.2 Å². The van der Waals surface area contributed by atoms with Gasteiger partial charge in [0.15, 0.2) is 0 Å². The molecule has 4 nitrogen and oxygen atoms in total. The van der Waals surface area contributed by atoms with Gasteiger partial charge >= 0.3 is 0 Å². The molecule has 0 atom stereocenters. The van der Waals surface area contributed by atoms with Crippen LogP contribution in [0.2, 0.25) is 0 Å². The zero-order chi connectivity index (χ0) is 15.0. The topological polar surface area (TPSA) is 41.1 Å². The van der Waals surface area contributed by atoms with Gasteiger partial charge in [-0.1, -0.05) is 17.7 Å². The van der Waals surface area contributed by atoms with Gasteiger partial charge in [-0.25, -0.2) is 9.97 Å². The monoisotopic (exact) mass is 282 g/mol. The van der Waals surface area contributed by atoms with E-state index in [0.29, 0.717) is 5.92 Å². The Kier molecular flexibility index (Phi) is 3.53. The number of hydrogen-bond acceptors (Lipinski definition) is 4. The summed E-state index contributed by atoms with van der Waals surface area (Å²) in [5.41, 5.74) is 3.50. The fraction of sp³-hybridized carbons (Fsp3) is 0.412. The number of anilines is 3. The average molecular weight is 282 g/mol. The highest BCUT2D eigenvalue weighted by atomic mass is 15.2. The summed E-state index contributed by atoms with van der Waals surface area (Å²) in [6.45, 7) is 4.17. The molecule has 0 spiro atoms. The molecule has 0 aliphatic heterocycles. The van der Waals surface area contributed by atoms with E-state index >= 15 is 0 Å². The van der Waals surface area contributed by atoms with E-state index in [9.17, 15) is 0 Å². The molecule has 0 amide bonds. The van der Waals surface area contributed by atoms with Crippen LogP contribution in [0.15, 0.2) is 24.3 Å². The lowest BCUT2D eigenvalue weighted by molar-refractivity contribution is 0.906. The Labute approximate surface area is 126 Å². The van der Waals surface area contributed by atoms with E-state index in [2.05, 4.69) is 60.4 Å². The molecule has 1 aromatic carbocycles. The number of rotatable bonds is 4. The smallest absolute Gasteiger partial charge is 0.141 e. The first-order valence-corrected chi connectivity index (χ1v) is 7.47. The van der Waals surface area contributed by atoms with E-state index in [-0.39, 0.29) is 0 Å². The Bertz CT molecular complexity index is 645. The summed E-state index contributed by atoms with van der Waals surface area (Å²) in [5.74, 6) is 3.43. The second-order valence-corrected chi connectivity index (χ2v) is 5.80. The fourth-order valence-electron chi connectivity index (χ4n) is 2.51. The Morgan fingerprint density at radius 2 is 1.76 bits per heavy atom. The maximum atomic E-state index is 4.82. The third kappa shape index (κ3) is 2.71. The van der Waals surface area contributed by atoms with Crippen molar-refractivity contribution in [1.29, 1.82) is 0 Å². The predicted molar refractivity (Wildman–Crippen MR) is 87.5 cm³/mol. The highest BCUT2D eigenvalue weighted by Gasteiger charge is 2.28. The second kappa shape index (κ2) is 5.35. The fourth-order valence-corrected chi connectivity index (χ4v) is 2.51. The molecule has 21 heavy (non-hydrogen) atoms. The molecule has 1 aromatic heterocycles. The molecule has 110 valence electrons. The van der Waals surface area contributed by atoms with Crippen molar-refractivity contribution in [3.63, 3.8) is 0 Å². The van der Waals surface area contributed by atoms with Crippen molar-refractivity contribution in [1.82, 2.24) is 9.97 Å². The standard InChI is InChI=1S/C17H22N4/c1-11-5-9-14(10-6-11)21(4)17-12(2)15(18-3)19-16(20-17)13-7-8-13/h5-6,9-10,13H,7-8H2,1-4H3,(H,18,19,20). The zero-order valence-electron chi connectivity index (χ0n) is 13.1. The van der Waals surface area contributed by atoms with Gasteiger partial charge < -0.3 is 10.2 Å². The number of benzene rings is 1. The van der Waals surface area contributed by atoms with Gasteiger partial charge in [0.05, 0.1) is 0 Å². The van der Waals surface area contributed by atoms with Crippen LogP contribution in [0.3, 0.4) is 0 Å². The summed E-state index contributed by atoms with van der Waals surface area (Å²) >= 11 is 0. The molecule has 1 aliphatic rings. The average Bonchev–Trinajstić information content (AvgIpc) is 3.32. The number of aromatic nitrogens is 2. The van der Waals surface area contributed by atoms with E-state index in [0.717, 1.165) is 28.7 Å². The molecule has 2 aromatic rings. The zero-order valence-corrected chi connectivity index (χ0v) is 13.1. The van der Waals surface area contributed by atoms with E-state index in [1.54, 1.807) is 0 Å². The van der Waals surface area contributed by atoms with Gasteiger partial charge in [0, 0.05) is 31.3 Å². The highest BCUT2D eigenvalue weighted by molar-refractivity contribution is 5.67. The van der Waals surface area contributed by atoms with Gasteiger partial charge in [0.2, 0.25) is 0 Å². The van der Waals surface area contributed by atoms with Crippen molar-refractivity contribution in [3.8, 4) is 0 Å². The van der Waals surface area contributed by atoms with Crippen LogP contribution in [-0.4, -0.2) is 24.1 Å². The van der Waals surface area contributed by atoms with Gasteiger partial charge in [-0.05, 0) is 38.8 Å². The number of aryl methyl sites for hydroxylation is 1. The minimum Gasteiger partial charge on any atom is -0.373 e. The predicted octanol–water partition coefficient (Wildman–Crippen LogP) is 3.78. The van der Waals surface area contributed by atoms with E-state index < -0.39 is 0 Å². The summed E-state index contributed by atoms with van der Waals surface area (Å²) in [7, 11) is 3.98. The quantitative estimate of drug-likeness (QED) is 0.926. The molecular formula is C17H22N4. The molecule has 0 saturated heterocycles. The summed E-state index contributed by atoms with van der Waals surface area (Å²) in [4.78, 5) is 11.6. The Morgan fingerprint density at radius 1 is 1.10 bits per heavy atom. The molecule has 4 heteroatoms. The summed E-state index contributed by atoms with van der Waals surface area (Å²) in [5, 5.41) is 3.20. The Balaban J connectivity index is 2.03. The third-order valence-electron chi connectivity index (χ3n) is 4.06. The van der Waals surface area contributed by atoms with Gasteiger partial charge in [0.1, 0.15) is 17.5 Å². The maximum absolute atomic E-state index is 4.82. The maximum Gasteiger partial charge on any atom is 0.141 e. The summed E-state index contributed by atoms with van der Waals surface area (Å²) in [6, 6.07) is 8.52. The van der Waals surface area contributed by atoms with Gasteiger partial charge in [-0.15, -0.1) is 0 Å². The molecule has 3 rings (SSSR count). The van der Waals surface area contributed by atoms with E-state index in [4.69, 9.17) is 4.98 Å². The van der Waals surface area contributed by atoms with Gasteiger partial charge in [0.25, 0.3) is 0 Å². The van der Waals surface area contributed by atoms with Crippen molar-refractivity contribution in [2.75, 3.05) is 24.3 Å². The normalized spacial score (nSPS) is 14.1. The molecule has 1 fully saturated rings. The first-order chi connectivity index (χ1) is 10.1. The highest BCUT2D eigenvalue weighted by Crippen LogP contribution is 2.40. The molecule has 0 radical (unpaired) electrons. The first kappa shape index (κ1) is 13.9. The van der Waals surface area contributed by atoms with Crippen molar-refractivity contribution in [2.24, 2.45) is 0 Å². The first-order valence-electron chi connectivity index (χ1n) is 7.47. The van der Waals surface area contributed by atoms with Crippen LogP contribution in [0.25, 0.3) is 0 Å². The molecule has 1 N–H and O–H groups in total. The lowest BCUT2D eigenvalue weighted by atomic mass is 10.2. The summed E-state index contributed by atoms with van der Waals surface area (Å²) < 4.78 is 0. The van der Waals surface area contributed by atoms with Crippen molar-refractivity contribution in [2.45, 2.75) is 32.6 Å². The molecule has 1 aliphatic carbocycles. The number of nitrogens with one attached hydrogen (secondary N) is 1. The minimum atomic E-state index is 0.544. The van der Waals surface area contributed by atoms with Crippen molar-refractivity contribution < 1.29 is 0 Å². The Morgan fingerprint density at radius 3 is 2.33 bits per heavy atom. The Hall–Kier alpha value is -2.10. The molecule has 0 unspecified atom stereocenters.